The summed E-state index contributed by atoms with van der Waals surface area (Å²) in [6, 6.07) is 9.04. The van der Waals surface area contributed by atoms with E-state index in [4.69, 9.17) is 5.73 Å². The van der Waals surface area contributed by atoms with Crippen molar-refractivity contribution in [2.45, 2.75) is 12.8 Å². The maximum atomic E-state index is 15.1. The Hall–Kier alpha value is -3.21. The van der Waals surface area contributed by atoms with E-state index in [1.807, 2.05) is 30.3 Å². The van der Waals surface area contributed by atoms with Gasteiger partial charge in [0.15, 0.2) is 0 Å². The summed E-state index contributed by atoms with van der Waals surface area (Å²) >= 11 is 0. The number of carbonyl (C=O) groups is 2. The van der Waals surface area contributed by atoms with Crippen molar-refractivity contribution >= 4 is 17.4 Å². The molecule has 1 heterocycles. The quantitative estimate of drug-likeness (QED) is 0.727. The van der Waals surface area contributed by atoms with Crippen molar-refractivity contribution in [2.75, 3.05) is 13.1 Å². The summed E-state index contributed by atoms with van der Waals surface area (Å²) in [7, 11) is 0. The minimum atomic E-state index is -0.620. The molecule has 0 fully saturated rings. The minimum absolute atomic E-state index is 0.134. The normalized spacial score (nSPS) is 15.0. The van der Waals surface area contributed by atoms with Gasteiger partial charge in [-0.2, -0.15) is 0 Å². The Kier molecular flexibility index (Phi) is 4.15. The largest absolute Gasteiger partial charge is 0.366 e. The average Bonchev–Trinajstić information content (AvgIpc) is 3.06. The number of nitrogens with zero attached hydrogens (tertiary/aromatic N) is 1. The van der Waals surface area contributed by atoms with E-state index in [-0.39, 0.29) is 11.5 Å². The van der Waals surface area contributed by atoms with Crippen molar-refractivity contribution in [3.63, 3.8) is 0 Å². The van der Waals surface area contributed by atoms with Gasteiger partial charge in [0.25, 0.3) is 0 Å². The topological polar surface area (TPSA) is 63.4 Å². The number of nitrogens with two attached hydrogens (primary N) is 1. The van der Waals surface area contributed by atoms with Crippen molar-refractivity contribution in [3.05, 3.63) is 77.1 Å². The zero-order valence-electron chi connectivity index (χ0n) is 14.8. The fourth-order valence-electron chi connectivity index (χ4n) is 4.04. The number of fused-ring (bicyclic) bond motifs is 3. The van der Waals surface area contributed by atoms with Crippen molar-refractivity contribution in [3.8, 4) is 11.1 Å². The second-order valence-corrected chi connectivity index (χ2v) is 6.80. The van der Waals surface area contributed by atoms with E-state index in [2.05, 4.69) is 6.58 Å². The third-order valence-electron chi connectivity index (χ3n) is 5.32. The highest BCUT2D eigenvalue weighted by Gasteiger charge is 2.30. The predicted octanol–water partition coefficient (Wildman–Crippen LogP) is 3.30. The van der Waals surface area contributed by atoms with Gasteiger partial charge in [-0.1, -0.05) is 36.9 Å². The number of benzene rings is 2. The van der Waals surface area contributed by atoms with Crippen LogP contribution in [0.3, 0.4) is 0 Å². The maximum Gasteiger partial charge on any atom is 0.249 e. The van der Waals surface area contributed by atoms with Crippen molar-refractivity contribution in [1.82, 2.24) is 4.90 Å². The molecule has 1 aliphatic heterocycles. The molecule has 0 bridgehead atoms. The Bertz CT molecular complexity index is 1020. The molecule has 2 N–H and O–H groups in total. The fraction of sp³-hybridized carbons (Fsp3) is 0.182. The summed E-state index contributed by atoms with van der Waals surface area (Å²) < 4.78 is 15.1. The monoisotopic (exact) mass is 362 g/mol. The molecule has 0 saturated carbocycles. The molecule has 0 unspecified atom stereocenters. The highest BCUT2D eigenvalue weighted by Crippen LogP contribution is 2.45. The van der Waals surface area contributed by atoms with Gasteiger partial charge in [0.2, 0.25) is 11.8 Å². The number of amides is 2. The second-order valence-electron chi connectivity index (χ2n) is 6.80. The van der Waals surface area contributed by atoms with Crippen LogP contribution in [0.5, 0.6) is 0 Å². The Morgan fingerprint density at radius 1 is 1.22 bits per heavy atom. The lowest BCUT2D eigenvalue weighted by atomic mass is 9.88. The van der Waals surface area contributed by atoms with Gasteiger partial charge in [-0.3, -0.25) is 9.59 Å². The lowest BCUT2D eigenvalue weighted by molar-refractivity contribution is -0.125. The van der Waals surface area contributed by atoms with Gasteiger partial charge in [0, 0.05) is 24.2 Å². The SMILES string of the molecule is C=CC(=O)N1CC=C(c2c(F)cc(C(N)=O)c3c2-c2ccccc2C3)CC1. The lowest BCUT2D eigenvalue weighted by Gasteiger charge is -2.27. The van der Waals surface area contributed by atoms with Crippen molar-refractivity contribution in [2.24, 2.45) is 5.73 Å². The van der Waals surface area contributed by atoms with Gasteiger partial charge >= 0.3 is 0 Å². The minimum Gasteiger partial charge on any atom is -0.366 e. The van der Waals surface area contributed by atoms with Crippen LogP contribution >= 0.6 is 0 Å². The van der Waals surface area contributed by atoms with Crippen LogP contribution in [0.4, 0.5) is 4.39 Å². The van der Waals surface area contributed by atoms with Gasteiger partial charge in [-0.05, 0) is 52.8 Å². The molecule has 2 aromatic carbocycles. The third kappa shape index (κ3) is 2.76. The smallest absolute Gasteiger partial charge is 0.249 e. The molecule has 5 heteroatoms. The number of rotatable bonds is 3. The number of halogens is 1. The predicted molar refractivity (Wildman–Crippen MR) is 103 cm³/mol. The van der Waals surface area contributed by atoms with E-state index >= 15 is 4.39 Å². The van der Waals surface area contributed by atoms with Crippen LogP contribution < -0.4 is 5.73 Å². The zero-order chi connectivity index (χ0) is 19.1. The Morgan fingerprint density at radius 2 is 2.00 bits per heavy atom. The van der Waals surface area contributed by atoms with Gasteiger partial charge in [0.05, 0.1) is 0 Å². The van der Waals surface area contributed by atoms with Crippen molar-refractivity contribution in [1.29, 1.82) is 0 Å². The first kappa shape index (κ1) is 17.2. The fourth-order valence-corrected chi connectivity index (χ4v) is 4.04. The van der Waals surface area contributed by atoms with E-state index in [9.17, 15) is 9.59 Å². The standard InChI is InChI=1S/C22H19FN2O2/c1-2-19(26)25-9-7-13(8-10-25)20-18(23)12-17(22(24)27)16-11-14-5-3-4-6-15(14)21(16)20/h2-7,12H,1,8-11H2,(H2,24,27). The number of carbonyl (C=O) groups excluding carboxylic acids is 2. The molecule has 0 radical (unpaired) electrons. The first-order valence-electron chi connectivity index (χ1n) is 8.85. The molecule has 4 nitrogen and oxygen atoms in total. The van der Waals surface area contributed by atoms with Crippen molar-refractivity contribution < 1.29 is 14.0 Å². The molecule has 4 rings (SSSR count). The maximum absolute atomic E-state index is 15.1. The molecule has 1 aliphatic carbocycles. The highest BCUT2D eigenvalue weighted by atomic mass is 19.1. The van der Waals surface area contributed by atoms with Gasteiger partial charge in [-0.25, -0.2) is 4.39 Å². The average molecular weight is 362 g/mol. The van der Waals surface area contributed by atoms with Gasteiger partial charge < -0.3 is 10.6 Å². The van der Waals surface area contributed by atoms with E-state index in [1.165, 1.54) is 12.1 Å². The molecule has 2 aliphatic rings. The summed E-state index contributed by atoms with van der Waals surface area (Å²) in [5.74, 6) is -1.20. The number of primary amides is 1. The summed E-state index contributed by atoms with van der Waals surface area (Å²) in [5.41, 5.74) is 10.7. The van der Waals surface area contributed by atoms with E-state index < -0.39 is 11.7 Å². The highest BCUT2D eigenvalue weighted by molar-refractivity contribution is 6.01. The molecule has 0 saturated heterocycles. The Balaban J connectivity index is 1.88. The molecule has 0 aromatic heterocycles. The summed E-state index contributed by atoms with van der Waals surface area (Å²) in [4.78, 5) is 25.4. The first-order chi connectivity index (χ1) is 13.0. The lowest BCUT2D eigenvalue weighted by Crippen LogP contribution is -2.33. The van der Waals surface area contributed by atoms with Gasteiger partial charge in [-0.15, -0.1) is 0 Å². The Morgan fingerprint density at radius 3 is 2.67 bits per heavy atom. The van der Waals surface area contributed by atoms with E-state index in [0.717, 1.165) is 27.8 Å². The third-order valence-corrected chi connectivity index (χ3v) is 5.32. The number of hydrogen-bond donors (Lipinski definition) is 1. The molecule has 0 spiro atoms. The van der Waals surface area contributed by atoms with Crippen LogP contribution in [0.2, 0.25) is 0 Å². The molecule has 136 valence electrons. The number of hydrogen-bond acceptors (Lipinski definition) is 2. The van der Waals surface area contributed by atoms with Crippen LogP contribution in [0.25, 0.3) is 16.7 Å². The summed E-state index contributed by atoms with van der Waals surface area (Å²) in [5, 5.41) is 0. The molecular weight excluding hydrogens is 343 g/mol. The molecular formula is C22H19FN2O2. The van der Waals surface area contributed by atoms with Crippen LogP contribution in [-0.2, 0) is 11.2 Å². The summed E-state index contributed by atoms with van der Waals surface area (Å²) in [6.45, 7) is 4.42. The van der Waals surface area contributed by atoms with Crippen LogP contribution in [0.15, 0.2) is 49.1 Å². The zero-order valence-corrected chi connectivity index (χ0v) is 14.8. The molecule has 0 atom stereocenters. The summed E-state index contributed by atoms with van der Waals surface area (Å²) in [6.07, 6.45) is 4.27. The molecule has 2 amide bonds. The second kappa shape index (κ2) is 6.50. The van der Waals surface area contributed by atoms with Crippen LogP contribution in [0, 0.1) is 5.82 Å². The van der Waals surface area contributed by atoms with E-state index in [0.29, 0.717) is 31.5 Å². The Labute approximate surface area is 156 Å². The van der Waals surface area contributed by atoms with E-state index in [1.54, 1.807) is 4.90 Å². The van der Waals surface area contributed by atoms with Crippen LogP contribution in [0.1, 0.15) is 33.5 Å². The first-order valence-corrected chi connectivity index (χ1v) is 8.85. The van der Waals surface area contributed by atoms with Gasteiger partial charge in [0.1, 0.15) is 5.82 Å². The molecule has 2 aromatic rings. The van der Waals surface area contributed by atoms with Crippen LogP contribution in [-0.4, -0.2) is 29.8 Å². The molecule has 27 heavy (non-hydrogen) atoms.